The lowest BCUT2D eigenvalue weighted by atomic mass is 10.3. The molecule has 0 unspecified atom stereocenters. The fourth-order valence-electron chi connectivity index (χ4n) is 1.36. The van der Waals surface area contributed by atoms with E-state index in [1.54, 1.807) is 13.2 Å². The highest BCUT2D eigenvalue weighted by Crippen LogP contribution is 2.21. The molecule has 1 aromatic heterocycles. The second-order valence-electron chi connectivity index (χ2n) is 3.54. The lowest BCUT2D eigenvalue weighted by molar-refractivity contribution is 0.177. The number of anilines is 1. The Labute approximate surface area is 118 Å². The van der Waals surface area contributed by atoms with E-state index < -0.39 is 0 Å². The molecule has 6 heteroatoms. The summed E-state index contributed by atoms with van der Waals surface area (Å²) < 4.78 is 11.7. The summed E-state index contributed by atoms with van der Waals surface area (Å²) in [6, 6.07) is 9.23. The third-order valence-corrected chi connectivity index (χ3v) is 2.80. The molecule has 0 bridgehead atoms. The number of nitrogen functional groups attached to an aromatic ring is 1. The minimum atomic E-state index is 0.300. The number of benzene rings is 1. The second kappa shape index (κ2) is 5.96. The zero-order valence-electron chi connectivity index (χ0n) is 9.76. The van der Waals surface area contributed by atoms with E-state index in [4.69, 9.17) is 15.2 Å². The molecule has 18 heavy (non-hydrogen) atoms. The van der Waals surface area contributed by atoms with Crippen LogP contribution in [0.3, 0.4) is 0 Å². The molecule has 0 aliphatic heterocycles. The van der Waals surface area contributed by atoms with Gasteiger partial charge in [0, 0.05) is 16.7 Å². The van der Waals surface area contributed by atoms with E-state index in [0.29, 0.717) is 29.9 Å². The quantitative estimate of drug-likeness (QED) is 0.852. The Morgan fingerprint density at radius 3 is 2.61 bits per heavy atom. The normalized spacial score (nSPS) is 10.3. The van der Waals surface area contributed by atoms with Gasteiger partial charge in [0.15, 0.2) is 5.82 Å². The first-order valence-corrected chi connectivity index (χ1v) is 6.31. The van der Waals surface area contributed by atoms with Gasteiger partial charge in [0.05, 0.1) is 0 Å². The van der Waals surface area contributed by atoms with Gasteiger partial charge in [0.1, 0.15) is 18.2 Å². The Morgan fingerprint density at radius 1 is 1.22 bits per heavy atom. The number of methoxy groups -OCH3 is 1. The van der Waals surface area contributed by atoms with Crippen LogP contribution in [-0.4, -0.2) is 17.1 Å². The predicted octanol–water partition coefficient (Wildman–Crippen LogP) is 2.60. The van der Waals surface area contributed by atoms with Crippen LogP contribution in [-0.2, 0) is 11.3 Å². The summed E-state index contributed by atoms with van der Waals surface area (Å²) in [4.78, 5) is 8.24. The topological polar surface area (TPSA) is 70.3 Å². The van der Waals surface area contributed by atoms with Gasteiger partial charge in [-0.25, -0.2) is 4.98 Å². The van der Waals surface area contributed by atoms with Crippen LogP contribution in [0.4, 0.5) is 5.82 Å². The smallest absolute Gasteiger partial charge is 0.224 e. The first kappa shape index (κ1) is 13.0. The maximum absolute atomic E-state index is 5.68. The minimum absolute atomic E-state index is 0.300. The summed E-state index contributed by atoms with van der Waals surface area (Å²) in [5.74, 6) is 1.98. The molecule has 94 valence electrons. The maximum Gasteiger partial charge on any atom is 0.224 e. The summed E-state index contributed by atoms with van der Waals surface area (Å²) in [6.07, 6.45) is 0. The standard InChI is InChI=1S/C12H12IN3O2/c1-17-7-11-15-10(14)6-12(16-11)18-9-4-2-8(13)3-5-9/h2-6H,7H2,1H3,(H2,14,15,16). The Hall–Kier alpha value is -1.41. The summed E-state index contributed by atoms with van der Waals surface area (Å²) >= 11 is 2.23. The number of nitrogens with two attached hydrogens (primary N) is 1. The van der Waals surface area contributed by atoms with Crippen molar-refractivity contribution in [1.82, 2.24) is 9.97 Å². The van der Waals surface area contributed by atoms with Crippen LogP contribution in [0, 0.1) is 3.57 Å². The Kier molecular flexibility index (Phi) is 4.32. The first-order chi connectivity index (χ1) is 8.67. The number of hydrogen-bond acceptors (Lipinski definition) is 5. The minimum Gasteiger partial charge on any atom is -0.439 e. The van der Waals surface area contributed by atoms with Gasteiger partial charge in [-0.1, -0.05) is 0 Å². The molecule has 2 aromatic rings. The molecule has 0 amide bonds. The van der Waals surface area contributed by atoms with Crippen LogP contribution in [0.25, 0.3) is 0 Å². The van der Waals surface area contributed by atoms with Crippen molar-refractivity contribution in [2.24, 2.45) is 0 Å². The van der Waals surface area contributed by atoms with E-state index in [1.165, 1.54) is 0 Å². The van der Waals surface area contributed by atoms with Gasteiger partial charge in [-0.3, -0.25) is 0 Å². The molecular weight excluding hydrogens is 345 g/mol. The second-order valence-corrected chi connectivity index (χ2v) is 4.78. The van der Waals surface area contributed by atoms with Crippen LogP contribution in [0.1, 0.15) is 5.82 Å². The Bertz CT molecular complexity index is 531. The van der Waals surface area contributed by atoms with Crippen molar-refractivity contribution >= 4 is 28.4 Å². The van der Waals surface area contributed by atoms with Crippen molar-refractivity contribution in [3.8, 4) is 11.6 Å². The lowest BCUT2D eigenvalue weighted by Crippen LogP contribution is -2.02. The summed E-state index contributed by atoms with van der Waals surface area (Å²) in [6.45, 7) is 0.300. The average Bonchev–Trinajstić information content (AvgIpc) is 2.32. The highest BCUT2D eigenvalue weighted by molar-refractivity contribution is 14.1. The molecule has 0 spiro atoms. The van der Waals surface area contributed by atoms with Crippen molar-refractivity contribution in [2.45, 2.75) is 6.61 Å². The predicted molar refractivity (Wildman–Crippen MR) is 76.4 cm³/mol. The van der Waals surface area contributed by atoms with Crippen molar-refractivity contribution in [3.05, 3.63) is 39.7 Å². The number of ether oxygens (including phenoxy) is 2. The van der Waals surface area contributed by atoms with E-state index >= 15 is 0 Å². The number of nitrogens with zero attached hydrogens (tertiary/aromatic N) is 2. The van der Waals surface area contributed by atoms with Crippen LogP contribution in [0.2, 0.25) is 0 Å². The largest absolute Gasteiger partial charge is 0.439 e. The first-order valence-electron chi connectivity index (χ1n) is 5.23. The molecule has 2 N–H and O–H groups in total. The average molecular weight is 357 g/mol. The van der Waals surface area contributed by atoms with Gasteiger partial charge in [-0.05, 0) is 46.9 Å². The molecule has 1 aromatic carbocycles. The van der Waals surface area contributed by atoms with E-state index in [0.717, 1.165) is 3.57 Å². The zero-order valence-corrected chi connectivity index (χ0v) is 11.9. The van der Waals surface area contributed by atoms with Crippen molar-refractivity contribution in [1.29, 1.82) is 0 Å². The van der Waals surface area contributed by atoms with E-state index in [9.17, 15) is 0 Å². The van der Waals surface area contributed by atoms with Crippen LogP contribution in [0.5, 0.6) is 11.6 Å². The molecule has 0 saturated heterocycles. The summed E-state index contributed by atoms with van der Waals surface area (Å²) in [7, 11) is 1.58. The Balaban J connectivity index is 2.20. The number of halogens is 1. The van der Waals surface area contributed by atoms with Gasteiger partial charge in [0.2, 0.25) is 5.88 Å². The molecular formula is C12H12IN3O2. The number of rotatable bonds is 4. The number of hydrogen-bond donors (Lipinski definition) is 1. The molecule has 0 atom stereocenters. The maximum atomic E-state index is 5.68. The van der Waals surface area contributed by atoms with Crippen LogP contribution >= 0.6 is 22.6 Å². The highest BCUT2D eigenvalue weighted by atomic mass is 127. The van der Waals surface area contributed by atoms with Gasteiger partial charge >= 0.3 is 0 Å². The molecule has 0 fully saturated rings. The van der Waals surface area contributed by atoms with E-state index in [2.05, 4.69) is 32.6 Å². The Morgan fingerprint density at radius 2 is 1.94 bits per heavy atom. The molecule has 2 rings (SSSR count). The molecule has 0 aliphatic carbocycles. The monoisotopic (exact) mass is 357 g/mol. The third-order valence-electron chi connectivity index (χ3n) is 2.08. The van der Waals surface area contributed by atoms with Crippen LogP contribution < -0.4 is 10.5 Å². The van der Waals surface area contributed by atoms with Crippen molar-refractivity contribution in [2.75, 3.05) is 12.8 Å². The molecule has 0 radical (unpaired) electrons. The summed E-state index contributed by atoms with van der Waals surface area (Å²) in [5.41, 5.74) is 5.68. The summed E-state index contributed by atoms with van der Waals surface area (Å²) in [5, 5.41) is 0. The van der Waals surface area contributed by atoms with Gasteiger partial charge in [-0.2, -0.15) is 4.98 Å². The fraction of sp³-hybridized carbons (Fsp3) is 0.167. The molecule has 1 heterocycles. The highest BCUT2D eigenvalue weighted by Gasteiger charge is 2.04. The van der Waals surface area contributed by atoms with Gasteiger partial charge < -0.3 is 15.2 Å². The SMILES string of the molecule is COCc1nc(N)cc(Oc2ccc(I)cc2)n1. The van der Waals surface area contributed by atoms with Gasteiger partial charge in [0.25, 0.3) is 0 Å². The third kappa shape index (κ3) is 3.54. The molecule has 0 aliphatic rings. The molecule has 0 saturated carbocycles. The van der Waals surface area contributed by atoms with Crippen molar-refractivity contribution < 1.29 is 9.47 Å². The van der Waals surface area contributed by atoms with Gasteiger partial charge in [-0.15, -0.1) is 0 Å². The zero-order chi connectivity index (χ0) is 13.0. The van der Waals surface area contributed by atoms with Crippen molar-refractivity contribution in [3.63, 3.8) is 0 Å². The van der Waals surface area contributed by atoms with Crippen LogP contribution in [0.15, 0.2) is 30.3 Å². The van der Waals surface area contributed by atoms with E-state index in [-0.39, 0.29) is 0 Å². The fourth-order valence-corrected chi connectivity index (χ4v) is 1.72. The lowest BCUT2D eigenvalue weighted by Gasteiger charge is -2.07. The van der Waals surface area contributed by atoms with E-state index in [1.807, 2.05) is 24.3 Å². The molecule has 5 nitrogen and oxygen atoms in total. The number of aromatic nitrogens is 2.